The molecule has 4 heteroatoms. The van der Waals surface area contributed by atoms with E-state index < -0.39 is 0 Å². The van der Waals surface area contributed by atoms with Gasteiger partial charge in [0.2, 0.25) is 0 Å². The lowest BCUT2D eigenvalue weighted by Gasteiger charge is -2.11. The van der Waals surface area contributed by atoms with Crippen molar-refractivity contribution in [3.8, 4) is 11.8 Å². The second-order valence-electron chi connectivity index (χ2n) is 4.41. The number of rotatable bonds is 4. The van der Waals surface area contributed by atoms with Crippen molar-refractivity contribution in [3.63, 3.8) is 0 Å². The van der Waals surface area contributed by atoms with Crippen LogP contribution in [0.2, 0.25) is 5.02 Å². The first-order valence-electron chi connectivity index (χ1n) is 6.21. The lowest BCUT2D eigenvalue weighted by molar-refractivity contribution is 0.413. The molecule has 2 aromatic carbocycles. The van der Waals surface area contributed by atoms with E-state index in [0.717, 1.165) is 21.8 Å². The van der Waals surface area contributed by atoms with E-state index in [9.17, 15) is 0 Å². The van der Waals surface area contributed by atoms with Gasteiger partial charge in [-0.1, -0.05) is 23.7 Å². The first-order chi connectivity index (χ1) is 9.65. The van der Waals surface area contributed by atoms with E-state index in [0.29, 0.717) is 17.9 Å². The highest BCUT2D eigenvalue weighted by atomic mass is 35.5. The lowest BCUT2D eigenvalue weighted by Crippen LogP contribution is -2.02. The van der Waals surface area contributed by atoms with E-state index in [1.54, 1.807) is 13.2 Å². The second kappa shape index (κ2) is 6.31. The predicted molar refractivity (Wildman–Crippen MR) is 81.2 cm³/mol. The fourth-order valence-corrected chi connectivity index (χ4v) is 2.12. The summed E-state index contributed by atoms with van der Waals surface area (Å²) in [6.07, 6.45) is 0. The Labute approximate surface area is 123 Å². The number of nitrogens with zero attached hydrogens (tertiary/aromatic N) is 1. The number of hydrogen-bond donors (Lipinski definition) is 1. The van der Waals surface area contributed by atoms with Crippen LogP contribution >= 0.6 is 11.6 Å². The normalized spacial score (nSPS) is 9.90. The van der Waals surface area contributed by atoms with Gasteiger partial charge in [-0.3, -0.25) is 0 Å². The molecule has 0 aliphatic carbocycles. The molecule has 1 N–H and O–H groups in total. The average molecular weight is 287 g/mol. The van der Waals surface area contributed by atoms with Crippen molar-refractivity contribution >= 4 is 17.3 Å². The van der Waals surface area contributed by atoms with Crippen molar-refractivity contribution in [2.24, 2.45) is 0 Å². The molecule has 3 nitrogen and oxygen atoms in total. The molecule has 2 aromatic rings. The third-order valence-electron chi connectivity index (χ3n) is 3.13. The largest absolute Gasteiger partial charge is 0.495 e. The van der Waals surface area contributed by atoms with Gasteiger partial charge in [0.1, 0.15) is 11.8 Å². The summed E-state index contributed by atoms with van der Waals surface area (Å²) in [4.78, 5) is 0. The summed E-state index contributed by atoms with van der Waals surface area (Å²) in [6.45, 7) is 2.60. The maximum atomic E-state index is 9.07. The maximum absolute atomic E-state index is 9.07. The molecule has 0 spiro atoms. The Morgan fingerprint density at radius 2 is 2.10 bits per heavy atom. The number of methoxy groups -OCH3 is 1. The Balaban J connectivity index is 2.15. The van der Waals surface area contributed by atoms with Crippen LogP contribution in [-0.4, -0.2) is 7.11 Å². The third-order valence-corrected chi connectivity index (χ3v) is 3.54. The number of hydrogen-bond acceptors (Lipinski definition) is 3. The van der Waals surface area contributed by atoms with E-state index in [1.165, 1.54) is 0 Å². The maximum Gasteiger partial charge on any atom is 0.136 e. The summed E-state index contributed by atoms with van der Waals surface area (Å²) in [7, 11) is 1.56. The van der Waals surface area contributed by atoms with E-state index >= 15 is 0 Å². The van der Waals surface area contributed by atoms with Crippen molar-refractivity contribution in [2.75, 3.05) is 12.4 Å². The Kier molecular flexibility index (Phi) is 4.49. The van der Waals surface area contributed by atoms with Gasteiger partial charge < -0.3 is 10.1 Å². The smallest absolute Gasteiger partial charge is 0.136 e. The molecule has 2 rings (SSSR count). The summed E-state index contributed by atoms with van der Waals surface area (Å²) in [5.74, 6) is 0.593. The monoisotopic (exact) mass is 286 g/mol. The zero-order chi connectivity index (χ0) is 14.5. The van der Waals surface area contributed by atoms with Crippen molar-refractivity contribution in [3.05, 3.63) is 58.1 Å². The number of ether oxygens (including phenoxy) is 1. The van der Waals surface area contributed by atoms with Crippen molar-refractivity contribution < 1.29 is 4.74 Å². The van der Waals surface area contributed by atoms with Crippen LogP contribution in [0.25, 0.3) is 0 Å². The van der Waals surface area contributed by atoms with Crippen molar-refractivity contribution in [2.45, 2.75) is 13.5 Å². The Bertz CT molecular complexity index is 662. The van der Waals surface area contributed by atoms with E-state index in [-0.39, 0.29) is 0 Å². The highest BCUT2D eigenvalue weighted by Gasteiger charge is 2.05. The molecule has 102 valence electrons. The van der Waals surface area contributed by atoms with Gasteiger partial charge >= 0.3 is 0 Å². The zero-order valence-electron chi connectivity index (χ0n) is 11.4. The van der Waals surface area contributed by atoms with Gasteiger partial charge in [-0.15, -0.1) is 0 Å². The number of nitrogens with one attached hydrogen (secondary N) is 1. The Hall–Kier alpha value is -2.18. The molecule has 0 bridgehead atoms. The molecule has 0 saturated heterocycles. The second-order valence-corrected chi connectivity index (χ2v) is 4.82. The van der Waals surface area contributed by atoms with E-state index in [1.807, 2.05) is 37.3 Å². The molecular weight excluding hydrogens is 272 g/mol. The van der Waals surface area contributed by atoms with Gasteiger partial charge in [-0.25, -0.2) is 0 Å². The minimum atomic E-state index is 0.537. The van der Waals surface area contributed by atoms with Crippen LogP contribution in [-0.2, 0) is 6.54 Å². The topological polar surface area (TPSA) is 45.0 Å². The van der Waals surface area contributed by atoms with Gasteiger partial charge in [0.15, 0.2) is 0 Å². The SMILES string of the molecule is COc1ccc(CNc2cccc(Cl)c2C)cc1C#N. The molecule has 0 aliphatic heterocycles. The molecule has 0 radical (unpaired) electrons. The molecule has 0 aromatic heterocycles. The molecule has 0 fully saturated rings. The first-order valence-corrected chi connectivity index (χ1v) is 6.59. The average Bonchev–Trinajstić information content (AvgIpc) is 2.48. The summed E-state index contributed by atoms with van der Waals surface area (Å²) in [5.41, 5.74) is 3.56. The summed E-state index contributed by atoms with van der Waals surface area (Å²) < 4.78 is 5.13. The molecule has 0 atom stereocenters. The van der Waals surface area contributed by atoms with Gasteiger partial charge in [0.25, 0.3) is 0 Å². The number of benzene rings is 2. The van der Waals surface area contributed by atoms with Gasteiger partial charge in [-0.2, -0.15) is 5.26 Å². The molecule has 0 saturated carbocycles. The Morgan fingerprint density at radius 1 is 1.30 bits per heavy atom. The summed E-state index contributed by atoms with van der Waals surface area (Å²) in [5, 5.41) is 13.1. The van der Waals surface area contributed by atoms with Gasteiger partial charge in [0, 0.05) is 17.3 Å². The number of halogens is 1. The first kappa shape index (κ1) is 14.2. The number of nitriles is 1. The fourth-order valence-electron chi connectivity index (χ4n) is 1.95. The van der Waals surface area contributed by atoms with Crippen molar-refractivity contribution in [1.82, 2.24) is 0 Å². The third kappa shape index (κ3) is 3.04. The Morgan fingerprint density at radius 3 is 2.80 bits per heavy atom. The standard InChI is InChI=1S/C16H15ClN2O/c1-11-14(17)4-3-5-15(11)19-10-12-6-7-16(20-2)13(8-12)9-18/h3-8,19H,10H2,1-2H3. The minimum Gasteiger partial charge on any atom is -0.495 e. The highest BCUT2D eigenvalue weighted by Crippen LogP contribution is 2.24. The van der Waals surface area contributed by atoms with Crippen LogP contribution in [0.4, 0.5) is 5.69 Å². The summed E-state index contributed by atoms with van der Waals surface area (Å²) >= 11 is 6.08. The van der Waals surface area contributed by atoms with Crippen LogP contribution in [0.15, 0.2) is 36.4 Å². The van der Waals surface area contributed by atoms with E-state index in [2.05, 4.69) is 11.4 Å². The molecule has 0 amide bonds. The predicted octanol–water partition coefficient (Wildman–Crippen LogP) is 4.14. The lowest BCUT2D eigenvalue weighted by atomic mass is 10.1. The molecule has 0 aliphatic rings. The molecule has 0 unspecified atom stereocenters. The molecule has 20 heavy (non-hydrogen) atoms. The van der Waals surface area contributed by atoms with Crippen LogP contribution in [0.3, 0.4) is 0 Å². The molecule has 0 heterocycles. The fraction of sp³-hybridized carbons (Fsp3) is 0.188. The number of anilines is 1. The highest BCUT2D eigenvalue weighted by molar-refractivity contribution is 6.31. The van der Waals surface area contributed by atoms with Gasteiger partial charge in [0.05, 0.1) is 12.7 Å². The van der Waals surface area contributed by atoms with Crippen LogP contribution in [0, 0.1) is 18.3 Å². The quantitative estimate of drug-likeness (QED) is 0.919. The molecular formula is C16H15ClN2O. The summed E-state index contributed by atoms with van der Waals surface area (Å²) in [6, 6.07) is 13.5. The minimum absolute atomic E-state index is 0.537. The van der Waals surface area contributed by atoms with Crippen molar-refractivity contribution in [1.29, 1.82) is 5.26 Å². The van der Waals surface area contributed by atoms with Crippen LogP contribution < -0.4 is 10.1 Å². The van der Waals surface area contributed by atoms with E-state index in [4.69, 9.17) is 21.6 Å². The van der Waals surface area contributed by atoms with Crippen LogP contribution in [0.5, 0.6) is 5.75 Å². The van der Waals surface area contributed by atoms with Gasteiger partial charge in [-0.05, 0) is 42.3 Å². The van der Waals surface area contributed by atoms with Crippen LogP contribution in [0.1, 0.15) is 16.7 Å². The zero-order valence-corrected chi connectivity index (χ0v) is 12.2.